The van der Waals surface area contributed by atoms with Gasteiger partial charge in [0.05, 0.1) is 18.8 Å². The number of allylic oxidation sites excluding steroid dienone is 4. The third kappa shape index (κ3) is 2.90. The maximum Gasteiger partial charge on any atom is 0.324 e. The van der Waals surface area contributed by atoms with Crippen molar-refractivity contribution in [3.63, 3.8) is 0 Å². The zero-order valence-electron chi connectivity index (χ0n) is 10.8. The molecule has 1 N–H and O–H groups in total. The Balaban J connectivity index is 1.78. The van der Waals surface area contributed by atoms with Gasteiger partial charge >= 0.3 is 5.71 Å². The zero-order chi connectivity index (χ0) is 13.4. The van der Waals surface area contributed by atoms with Crippen LogP contribution in [0, 0.1) is 5.92 Å². The third-order valence-electron chi connectivity index (χ3n) is 4.28. The van der Waals surface area contributed by atoms with Gasteiger partial charge in [0.15, 0.2) is 0 Å². The highest BCUT2D eigenvalue weighted by molar-refractivity contribution is 9.09. The van der Waals surface area contributed by atoms with Crippen LogP contribution in [0.5, 0.6) is 0 Å². The van der Waals surface area contributed by atoms with Gasteiger partial charge in [-0.05, 0) is 31.3 Å². The summed E-state index contributed by atoms with van der Waals surface area (Å²) in [6.45, 7) is 0. The van der Waals surface area contributed by atoms with Crippen molar-refractivity contribution in [1.82, 2.24) is 4.67 Å². The quantitative estimate of drug-likeness (QED) is 0.607. The van der Waals surface area contributed by atoms with E-state index in [4.69, 9.17) is 11.6 Å². The first-order valence-corrected chi connectivity index (χ1v) is 8.27. The molecule has 0 spiro atoms. The van der Waals surface area contributed by atoms with Crippen LogP contribution in [0.3, 0.4) is 0 Å². The number of nitrogens with zero attached hydrogens (tertiary/aromatic N) is 1. The summed E-state index contributed by atoms with van der Waals surface area (Å²) in [6.07, 6.45) is 11.0. The zero-order valence-corrected chi connectivity index (χ0v) is 13.1. The molecule has 3 aliphatic rings. The van der Waals surface area contributed by atoms with E-state index in [1.165, 1.54) is 24.1 Å². The van der Waals surface area contributed by atoms with Gasteiger partial charge in [0, 0.05) is 4.83 Å². The van der Waals surface area contributed by atoms with Crippen LogP contribution in [0.15, 0.2) is 23.3 Å². The average Bonchev–Trinajstić information content (AvgIpc) is 2.88. The highest BCUT2D eigenvalue weighted by Gasteiger charge is 2.35. The van der Waals surface area contributed by atoms with Crippen LogP contribution in [0.25, 0.3) is 0 Å². The monoisotopic (exact) mass is 342 g/mol. The van der Waals surface area contributed by atoms with Gasteiger partial charge in [-0.3, -0.25) is 0 Å². The highest BCUT2D eigenvalue weighted by atomic mass is 79.9. The lowest BCUT2D eigenvalue weighted by atomic mass is 9.79. The molecule has 0 radical (unpaired) electrons. The highest BCUT2D eigenvalue weighted by Crippen LogP contribution is 2.37. The Morgan fingerprint density at radius 3 is 2.89 bits per heavy atom. The number of aliphatic hydroxyl groups excluding tert-OH is 1. The summed E-state index contributed by atoms with van der Waals surface area (Å²) in [5.41, 5.74) is 4.13. The van der Waals surface area contributed by atoms with Crippen molar-refractivity contribution in [1.29, 1.82) is 0 Å². The maximum atomic E-state index is 9.37. The fourth-order valence-corrected chi connectivity index (χ4v) is 3.92. The van der Waals surface area contributed by atoms with Crippen LogP contribution in [-0.2, 0) is 0 Å². The van der Waals surface area contributed by atoms with Crippen molar-refractivity contribution in [3.05, 3.63) is 23.3 Å². The van der Waals surface area contributed by atoms with Crippen LogP contribution < -0.4 is 4.67 Å². The lowest BCUT2D eigenvalue weighted by Gasteiger charge is -2.26. The molecule has 102 valence electrons. The molecule has 3 unspecified atom stereocenters. The molecule has 1 aliphatic heterocycles. The second-order valence-corrected chi connectivity index (χ2v) is 7.28. The van der Waals surface area contributed by atoms with Crippen LogP contribution in [-0.4, -0.2) is 26.9 Å². The molecular formula is C15H18BrClNO+. The minimum atomic E-state index is -0.913. The lowest BCUT2D eigenvalue weighted by Crippen LogP contribution is -2.20. The molecular weight excluding hydrogens is 326 g/mol. The summed E-state index contributed by atoms with van der Waals surface area (Å²) in [7, 11) is 0. The molecule has 0 saturated heterocycles. The molecule has 2 aliphatic carbocycles. The Morgan fingerprint density at radius 1 is 1.32 bits per heavy atom. The molecule has 3 rings (SSSR count). The Hall–Kier alpha value is -0.340. The molecule has 1 heterocycles. The van der Waals surface area contributed by atoms with Crippen LogP contribution in [0.1, 0.15) is 38.5 Å². The molecule has 0 fully saturated rings. The van der Waals surface area contributed by atoms with E-state index in [1.54, 1.807) is 5.57 Å². The number of aliphatic hydroxyl groups is 1. The van der Waals surface area contributed by atoms with E-state index in [9.17, 15) is 5.11 Å². The maximum absolute atomic E-state index is 9.37. The van der Waals surface area contributed by atoms with Crippen LogP contribution in [0.4, 0.5) is 0 Å². The Bertz CT molecular complexity index is 514. The summed E-state index contributed by atoms with van der Waals surface area (Å²) in [4.78, 5) is 0.641. The molecule has 4 heteroatoms. The van der Waals surface area contributed by atoms with Gasteiger partial charge in [-0.1, -0.05) is 49.9 Å². The van der Waals surface area contributed by atoms with Gasteiger partial charge in [0.1, 0.15) is 0 Å². The molecule has 0 saturated carbocycles. The van der Waals surface area contributed by atoms with Crippen molar-refractivity contribution in [3.8, 4) is 0 Å². The first-order valence-electron chi connectivity index (χ1n) is 6.92. The normalized spacial score (nSPS) is 31.9. The van der Waals surface area contributed by atoms with E-state index in [0.717, 1.165) is 31.4 Å². The van der Waals surface area contributed by atoms with Crippen LogP contribution >= 0.6 is 27.5 Å². The topological polar surface area (TPSA) is 34.3 Å². The first-order chi connectivity index (χ1) is 9.13. The summed E-state index contributed by atoms with van der Waals surface area (Å²) < 4.78 is 4.53. The second-order valence-electron chi connectivity index (χ2n) is 5.57. The van der Waals surface area contributed by atoms with Gasteiger partial charge < -0.3 is 5.11 Å². The second kappa shape index (κ2) is 5.57. The minimum Gasteiger partial charge on any atom is -0.368 e. The number of hydrogen-bond donors (Lipinski definition) is 1. The largest absolute Gasteiger partial charge is 0.368 e. The standard InChI is InChI=1S/C15H18BrClNO/c16-12-4-3-9-7-11(2-1-10(9)8-12)13-5-6-14(18-13)15(17)19/h1-2,11-12,15,19H,3-8H2/q+1. The molecule has 0 amide bonds. The SMILES string of the molecule is OC(Cl)C1=[N+]=C(C2C=CC3=C(CCC(Br)C3)C2)CC1. The Morgan fingerprint density at radius 2 is 2.16 bits per heavy atom. The molecule has 2 nitrogen and oxygen atoms in total. The Labute approximate surface area is 127 Å². The molecule has 3 atom stereocenters. The smallest absolute Gasteiger partial charge is 0.324 e. The first kappa shape index (κ1) is 13.6. The Kier molecular flexibility index (Phi) is 4.00. The summed E-state index contributed by atoms with van der Waals surface area (Å²) in [6, 6.07) is 0. The number of alkyl halides is 2. The van der Waals surface area contributed by atoms with E-state index >= 15 is 0 Å². The third-order valence-corrected chi connectivity index (χ3v) is 5.31. The molecule has 0 bridgehead atoms. The van der Waals surface area contributed by atoms with E-state index in [0.29, 0.717) is 10.7 Å². The van der Waals surface area contributed by atoms with Gasteiger partial charge in [0.25, 0.3) is 5.71 Å². The summed E-state index contributed by atoms with van der Waals surface area (Å²) in [5, 5.41) is 9.37. The van der Waals surface area contributed by atoms with E-state index in [1.807, 2.05) is 0 Å². The number of rotatable bonds is 2. The van der Waals surface area contributed by atoms with Crippen molar-refractivity contribution in [2.24, 2.45) is 5.92 Å². The molecule has 19 heavy (non-hydrogen) atoms. The number of halogens is 2. The fraction of sp³-hybridized carbons (Fsp3) is 0.600. The minimum absolute atomic E-state index is 0.415. The average molecular weight is 344 g/mol. The van der Waals surface area contributed by atoms with Crippen LogP contribution in [0.2, 0.25) is 0 Å². The number of hydrogen-bond acceptors (Lipinski definition) is 1. The van der Waals surface area contributed by atoms with Crippen molar-refractivity contribution in [2.45, 2.75) is 48.9 Å². The molecule has 0 aromatic heterocycles. The summed E-state index contributed by atoms with van der Waals surface area (Å²) >= 11 is 9.41. The molecule has 0 aromatic carbocycles. The van der Waals surface area contributed by atoms with Gasteiger partial charge in [-0.15, -0.1) is 0 Å². The molecule has 0 aromatic rings. The van der Waals surface area contributed by atoms with E-state index in [2.05, 4.69) is 32.8 Å². The summed E-state index contributed by atoms with van der Waals surface area (Å²) in [5.74, 6) is 0.415. The van der Waals surface area contributed by atoms with E-state index in [-0.39, 0.29) is 0 Å². The predicted octanol–water partition coefficient (Wildman–Crippen LogP) is 3.11. The predicted molar refractivity (Wildman–Crippen MR) is 84.1 cm³/mol. The lowest BCUT2D eigenvalue weighted by molar-refractivity contribution is 0.317. The van der Waals surface area contributed by atoms with Gasteiger partial charge in [0.2, 0.25) is 5.56 Å². The van der Waals surface area contributed by atoms with Gasteiger partial charge in [-0.2, -0.15) is 0 Å². The van der Waals surface area contributed by atoms with Crippen molar-refractivity contribution < 1.29 is 5.11 Å². The van der Waals surface area contributed by atoms with Crippen molar-refractivity contribution in [2.75, 3.05) is 0 Å². The van der Waals surface area contributed by atoms with E-state index < -0.39 is 5.56 Å². The fourth-order valence-electron chi connectivity index (χ4n) is 3.18. The van der Waals surface area contributed by atoms with Gasteiger partial charge in [-0.25, -0.2) is 0 Å². The van der Waals surface area contributed by atoms with Crippen molar-refractivity contribution >= 4 is 39.0 Å².